The van der Waals surface area contributed by atoms with Gasteiger partial charge in [-0.2, -0.15) is 0 Å². The Morgan fingerprint density at radius 2 is 2.00 bits per heavy atom. The molecule has 3 aromatic rings. The van der Waals surface area contributed by atoms with Crippen molar-refractivity contribution in [3.05, 3.63) is 51.1 Å². The molecule has 0 atom stereocenters. The van der Waals surface area contributed by atoms with E-state index in [-0.39, 0.29) is 17.2 Å². The lowest BCUT2D eigenvalue weighted by Crippen LogP contribution is -2.24. The van der Waals surface area contributed by atoms with Gasteiger partial charge < -0.3 is 5.32 Å². The zero-order valence-corrected chi connectivity index (χ0v) is 16.8. The third-order valence-electron chi connectivity index (χ3n) is 4.83. The van der Waals surface area contributed by atoms with Gasteiger partial charge in [-0.3, -0.25) is 14.2 Å². The molecule has 0 unspecified atom stereocenters. The monoisotopic (exact) mass is 399 g/mol. The fourth-order valence-electron chi connectivity index (χ4n) is 3.47. The topological polar surface area (TPSA) is 64.0 Å². The number of aromatic nitrogens is 2. The maximum Gasteiger partial charge on any atom is 0.267 e. The summed E-state index contributed by atoms with van der Waals surface area (Å²) >= 11 is 2.95. The van der Waals surface area contributed by atoms with Gasteiger partial charge in [0.2, 0.25) is 5.91 Å². The highest BCUT2D eigenvalue weighted by atomic mass is 32.2. The number of amides is 1. The minimum Gasteiger partial charge on any atom is -0.358 e. The van der Waals surface area contributed by atoms with Crippen LogP contribution < -0.4 is 10.9 Å². The molecule has 2 heterocycles. The van der Waals surface area contributed by atoms with Crippen molar-refractivity contribution in [2.24, 2.45) is 0 Å². The number of rotatable bonds is 4. The maximum absolute atomic E-state index is 13.5. The van der Waals surface area contributed by atoms with Gasteiger partial charge in [-0.05, 0) is 43.4 Å². The Morgan fingerprint density at radius 1 is 1.22 bits per heavy atom. The first-order valence-electron chi connectivity index (χ1n) is 9.15. The van der Waals surface area contributed by atoms with Crippen LogP contribution in [0.25, 0.3) is 15.9 Å². The second kappa shape index (κ2) is 7.86. The van der Waals surface area contributed by atoms with Gasteiger partial charge >= 0.3 is 0 Å². The van der Waals surface area contributed by atoms with Gasteiger partial charge in [-0.1, -0.05) is 36.4 Å². The predicted molar refractivity (Wildman–Crippen MR) is 111 cm³/mol. The molecule has 0 spiro atoms. The molecule has 1 aliphatic rings. The van der Waals surface area contributed by atoms with Crippen LogP contribution in [0.4, 0.5) is 0 Å². The molecule has 0 saturated heterocycles. The molecule has 140 valence electrons. The van der Waals surface area contributed by atoms with E-state index in [4.69, 9.17) is 4.98 Å². The summed E-state index contributed by atoms with van der Waals surface area (Å²) in [5.41, 5.74) is 1.95. The minimum absolute atomic E-state index is 0.0231. The second-order valence-electron chi connectivity index (χ2n) is 6.58. The largest absolute Gasteiger partial charge is 0.358 e. The van der Waals surface area contributed by atoms with Crippen LogP contribution >= 0.6 is 23.1 Å². The highest BCUT2D eigenvalue weighted by Gasteiger charge is 2.22. The second-order valence-corrected chi connectivity index (χ2v) is 8.60. The van der Waals surface area contributed by atoms with E-state index >= 15 is 0 Å². The number of thiophene rings is 1. The van der Waals surface area contributed by atoms with Gasteiger partial charge in [-0.15, -0.1) is 11.3 Å². The standard InChI is InChI=1S/C20H21N3O2S2/c1-21-16(24)12-26-20-22-18-17(14-10-6-3-7-11-15(14)27-18)19(25)23(20)13-8-4-2-5-9-13/h2,4-5,8-9H,3,6-7,10-12H2,1H3,(H,21,24). The van der Waals surface area contributed by atoms with Crippen LogP contribution in [-0.4, -0.2) is 28.3 Å². The van der Waals surface area contributed by atoms with E-state index in [1.54, 1.807) is 23.0 Å². The Bertz CT molecular complexity index is 1040. The first kappa shape index (κ1) is 18.3. The van der Waals surface area contributed by atoms with E-state index in [2.05, 4.69) is 5.32 Å². The lowest BCUT2D eigenvalue weighted by atomic mass is 10.1. The van der Waals surface area contributed by atoms with Gasteiger partial charge in [0.1, 0.15) is 4.83 Å². The van der Waals surface area contributed by atoms with E-state index in [1.807, 2.05) is 30.3 Å². The molecule has 7 heteroatoms. The van der Waals surface area contributed by atoms with E-state index in [0.29, 0.717) is 5.16 Å². The molecule has 0 saturated carbocycles. The Kier molecular flexibility index (Phi) is 5.31. The summed E-state index contributed by atoms with van der Waals surface area (Å²) in [7, 11) is 1.61. The Morgan fingerprint density at radius 3 is 2.78 bits per heavy atom. The van der Waals surface area contributed by atoms with Crippen molar-refractivity contribution in [3.63, 3.8) is 0 Å². The van der Waals surface area contributed by atoms with Crippen molar-refractivity contribution in [2.75, 3.05) is 12.8 Å². The summed E-state index contributed by atoms with van der Waals surface area (Å²) in [4.78, 5) is 32.2. The van der Waals surface area contributed by atoms with Crippen LogP contribution in [0.3, 0.4) is 0 Å². The van der Waals surface area contributed by atoms with E-state index in [1.165, 1.54) is 35.0 Å². The van der Waals surface area contributed by atoms with Gasteiger partial charge in [0.25, 0.3) is 5.56 Å². The Balaban J connectivity index is 1.92. The van der Waals surface area contributed by atoms with Crippen molar-refractivity contribution in [3.8, 4) is 5.69 Å². The molecular formula is C20H21N3O2S2. The molecule has 5 nitrogen and oxygen atoms in total. The number of nitrogens with zero attached hydrogens (tertiary/aromatic N) is 2. The van der Waals surface area contributed by atoms with Crippen LogP contribution in [0.2, 0.25) is 0 Å². The predicted octanol–water partition coefficient (Wildman–Crippen LogP) is 3.55. The van der Waals surface area contributed by atoms with Crippen molar-refractivity contribution in [1.29, 1.82) is 0 Å². The quantitative estimate of drug-likeness (QED) is 0.414. The van der Waals surface area contributed by atoms with E-state index in [9.17, 15) is 9.59 Å². The van der Waals surface area contributed by atoms with Crippen LogP contribution in [0, 0.1) is 0 Å². The molecule has 0 radical (unpaired) electrons. The zero-order chi connectivity index (χ0) is 18.8. The van der Waals surface area contributed by atoms with Crippen molar-refractivity contribution < 1.29 is 4.79 Å². The number of para-hydroxylation sites is 1. The van der Waals surface area contributed by atoms with Crippen LogP contribution in [0.5, 0.6) is 0 Å². The van der Waals surface area contributed by atoms with Crippen LogP contribution in [0.1, 0.15) is 29.7 Å². The number of carbonyl (C=O) groups excluding carboxylic acids is 1. The Hall–Kier alpha value is -2.12. The lowest BCUT2D eigenvalue weighted by molar-refractivity contribution is -0.118. The molecule has 1 aliphatic carbocycles. The number of hydrogen-bond acceptors (Lipinski definition) is 5. The maximum atomic E-state index is 13.5. The van der Waals surface area contributed by atoms with Gasteiger partial charge in [0.15, 0.2) is 5.16 Å². The summed E-state index contributed by atoms with van der Waals surface area (Å²) in [6.45, 7) is 0. The van der Waals surface area contributed by atoms with Crippen molar-refractivity contribution in [2.45, 2.75) is 37.3 Å². The van der Waals surface area contributed by atoms with Crippen LogP contribution in [-0.2, 0) is 17.6 Å². The number of carbonyl (C=O) groups is 1. The van der Waals surface area contributed by atoms with Gasteiger partial charge in [-0.25, -0.2) is 4.98 Å². The number of fused-ring (bicyclic) bond motifs is 3. The smallest absolute Gasteiger partial charge is 0.267 e. The minimum atomic E-state index is -0.0871. The molecule has 0 fully saturated rings. The fraction of sp³-hybridized carbons (Fsp3) is 0.350. The third kappa shape index (κ3) is 3.53. The Labute approximate surface area is 165 Å². The van der Waals surface area contributed by atoms with E-state index in [0.717, 1.165) is 35.2 Å². The zero-order valence-electron chi connectivity index (χ0n) is 15.2. The summed E-state index contributed by atoms with van der Waals surface area (Å²) < 4.78 is 1.66. The van der Waals surface area contributed by atoms with Crippen molar-refractivity contribution in [1.82, 2.24) is 14.9 Å². The first-order valence-corrected chi connectivity index (χ1v) is 11.0. The number of nitrogens with one attached hydrogen (secondary N) is 1. The highest BCUT2D eigenvalue weighted by molar-refractivity contribution is 7.99. The first-order chi connectivity index (χ1) is 13.2. The van der Waals surface area contributed by atoms with Crippen molar-refractivity contribution >= 4 is 39.2 Å². The number of hydrogen-bond donors (Lipinski definition) is 1. The summed E-state index contributed by atoms with van der Waals surface area (Å²) in [6.07, 6.45) is 5.48. The lowest BCUT2D eigenvalue weighted by Gasteiger charge is -2.12. The average Bonchev–Trinajstić information content (AvgIpc) is 2.88. The summed E-state index contributed by atoms with van der Waals surface area (Å²) in [5.74, 6) is 0.141. The van der Waals surface area contributed by atoms with Crippen LogP contribution in [0.15, 0.2) is 40.3 Å². The molecule has 27 heavy (non-hydrogen) atoms. The molecule has 4 rings (SSSR count). The summed E-state index contributed by atoms with van der Waals surface area (Å²) in [6, 6.07) is 9.56. The number of benzene rings is 1. The van der Waals surface area contributed by atoms with E-state index < -0.39 is 0 Å². The molecular weight excluding hydrogens is 378 g/mol. The normalized spacial score (nSPS) is 14.0. The highest BCUT2D eigenvalue weighted by Crippen LogP contribution is 2.34. The number of thioether (sulfide) groups is 1. The molecule has 0 aliphatic heterocycles. The number of aryl methyl sites for hydroxylation is 2. The molecule has 1 amide bonds. The molecule has 1 N–H and O–H groups in total. The van der Waals surface area contributed by atoms with Gasteiger partial charge in [0.05, 0.1) is 16.8 Å². The molecule has 0 bridgehead atoms. The van der Waals surface area contributed by atoms with Gasteiger partial charge in [0, 0.05) is 11.9 Å². The average molecular weight is 400 g/mol. The molecule has 2 aromatic heterocycles. The fourth-order valence-corrected chi connectivity index (χ4v) is 5.65. The third-order valence-corrected chi connectivity index (χ3v) is 6.96. The molecule has 1 aromatic carbocycles. The SMILES string of the molecule is CNC(=O)CSc1nc2sc3c(c2c(=O)n1-c1ccccc1)CCCCC3. The summed E-state index contributed by atoms with van der Waals surface area (Å²) in [5, 5.41) is 3.96.